The van der Waals surface area contributed by atoms with Gasteiger partial charge in [-0.15, -0.1) is 12.8 Å². The third-order valence-corrected chi connectivity index (χ3v) is 1.73. The molecule has 0 bridgehead atoms. The second-order valence-electron chi connectivity index (χ2n) is 2.93. The van der Waals surface area contributed by atoms with Gasteiger partial charge < -0.3 is 14.9 Å². The molecule has 0 saturated heterocycles. The van der Waals surface area contributed by atoms with E-state index in [0.717, 1.165) is 12.8 Å². The van der Waals surface area contributed by atoms with Crippen molar-refractivity contribution in [2.24, 2.45) is 0 Å². The van der Waals surface area contributed by atoms with Crippen LogP contribution in [0.4, 0.5) is 0 Å². The van der Waals surface area contributed by atoms with Gasteiger partial charge in [0.1, 0.15) is 0 Å². The molecule has 0 aliphatic heterocycles. The predicted octanol–water partition coefficient (Wildman–Crippen LogP) is 3.37. The molecule has 0 atom stereocenters. The third-order valence-electron chi connectivity index (χ3n) is 1.73. The van der Waals surface area contributed by atoms with E-state index in [-0.39, 0.29) is 14.9 Å². The van der Waals surface area contributed by atoms with E-state index in [9.17, 15) is 0 Å². The van der Waals surface area contributed by atoms with Crippen LogP contribution in [-0.2, 0) is 23.3 Å². The van der Waals surface area contributed by atoms with Crippen molar-refractivity contribution in [1.29, 1.82) is 0 Å². The molecular formula is C14H22SiZr-4. The minimum absolute atomic E-state index is 0. The average molecular weight is 310 g/mol. The summed E-state index contributed by atoms with van der Waals surface area (Å²) in [5.41, 5.74) is 2.55. The Kier molecular flexibility index (Phi) is 20.1. The van der Waals surface area contributed by atoms with Crippen LogP contribution >= 0.6 is 0 Å². The van der Waals surface area contributed by atoms with Gasteiger partial charge in [0.2, 0.25) is 0 Å². The van der Waals surface area contributed by atoms with Crippen molar-refractivity contribution in [2.45, 2.75) is 26.7 Å². The normalized spacial score (nSPS) is 14.1. The van der Waals surface area contributed by atoms with Crippen LogP contribution in [0, 0.1) is 27.0 Å². The molecular weight excluding hydrogens is 287 g/mol. The van der Waals surface area contributed by atoms with Crippen LogP contribution in [0.5, 0.6) is 0 Å². The van der Waals surface area contributed by atoms with Crippen molar-refractivity contribution < 1.29 is 23.3 Å². The van der Waals surface area contributed by atoms with Crippen molar-refractivity contribution in [3.63, 3.8) is 0 Å². The van der Waals surface area contributed by atoms with Gasteiger partial charge in [0, 0.05) is 0 Å². The SMILES string of the molecule is CC1=[C-]CC=C1.CC1=[C-]CC=C1.[CH3-].[CH3-].[SiH2]=[Zr]. The average Bonchev–Trinajstić information content (AvgIpc) is 2.83. The zero-order chi connectivity index (χ0) is 10.8. The van der Waals surface area contributed by atoms with Crippen LogP contribution in [0.25, 0.3) is 0 Å². The summed E-state index contributed by atoms with van der Waals surface area (Å²) in [7, 11) is 0. The molecule has 16 heavy (non-hydrogen) atoms. The van der Waals surface area contributed by atoms with Crippen LogP contribution in [0.2, 0.25) is 0 Å². The third kappa shape index (κ3) is 12.1. The Bertz CT molecular complexity index is 239. The van der Waals surface area contributed by atoms with E-state index in [2.05, 4.69) is 50.3 Å². The first-order valence-electron chi connectivity index (χ1n) is 4.62. The fraction of sp³-hybridized carbons (Fsp3) is 0.286. The molecule has 2 heteroatoms. The molecule has 2 rings (SSSR count). The van der Waals surface area contributed by atoms with E-state index in [0.29, 0.717) is 0 Å². The van der Waals surface area contributed by atoms with E-state index in [1.165, 1.54) is 11.1 Å². The summed E-state index contributed by atoms with van der Waals surface area (Å²) >= 11 is 1.58. The summed E-state index contributed by atoms with van der Waals surface area (Å²) < 4.78 is 0. The molecule has 90 valence electrons. The molecule has 0 saturated carbocycles. The van der Waals surface area contributed by atoms with Crippen molar-refractivity contribution in [3.8, 4) is 0 Å². The Hall–Kier alpha value is 0.0600. The Balaban J connectivity index is -0.000000165. The molecule has 0 aromatic heterocycles. The van der Waals surface area contributed by atoms with E-state index in [1.54, 1.807) is 23.3 Å². The summed E-state index contributed by atoms with van der Waals surface area (Å²) in [4.78, 5) is 0. The molecule has 0 amide bonds. The Morgan fingerprint density at radius 1 is 0.938 bits per heavy atom. The summed E-state index contributed by atoms with van der Waals surface area (Å²) in [5.74, 6) is 0. The molecule has 0 unspecified atom stereocenters. The van der Waals surface area contributed by atoms with Crippen LogP contribution in [0.15, 0.2) is 35.5 Å². The Morgan fingerprint density at radius 3 is 1.31 bits per heavy atom. The second-order valence-corrected chi connectivity index (χ2v) is 2.93. The summed E-state index contributed by atoms with van der Waals surface area (Å²) in [6, 6.07) is 0. The maximum atomic E-state index is 3.12. The van der Waals surface area contributed by atoms with Gasteiger partial charge in [-0.25, -0.2) is 23.3 Å². The van der Waals surface area contributed by atoms with Crippen LogP contribution in [0.1, 0.15) is 26.7 Å². The monoisotopic (exact) mass is 308 g/mol. The molecule has 2 aliphatic carbocycles. The standard InChI is InChI=1S/2C6H7.2CH3.H2Si.Zr/c2*1-6-4-2-3-5-6;;;;/h2*2,4H,3H2,1H3;2*1H3;1H2;/q4*-1;;. The summed E-state index contributed by atoms with van der Waals surface area (Å²) in [6.45, 7) is 6.07. The first-order valence-corrected chi connectivity index (χ1v) is 10.5. The number of hydrogen-bond donors (Lipinski definition) is 0. The number of hydrogen-bond acceptors (Lipinski definition) is 0. The van der Waals surface area contributed by atoms with Crippen LogP contribution < -0.4 is 0 Å². The van der Waals surface area contributed by atoms with E-state index in [1.807, 2.05) is 6.88 Å². The van der Waals surface area contributed by atoms with E-state index >= 15 is 0 Å². The first-order chi connectivity index (χ1) is 6.79. The summed E-state index contributed by atoms with van der Waals surface area (Å²) in [5, 5.41) is 0. The van der Waals surface area contributed by atoms with Gasteiger partial charge in [0.15, 0.2) is 0 Å². The maximum absolute atomic E-state index is 3.12. The van der Waals surface area contributed by atoms with Crippen molar-refractivity contribution >= 4 is 6.88 Å². The molecule has 0 fully saturated rings. The number of allylic oxidation sites excluding steroid dienone is 8. The zero-order valence-corrected chi connectivity index (χ0v) is 14.8. The van der Waals surface area contributed by atoms with Gasteiger partial charge in [-0.3, -0.25) is 12.2 Å². The molecule has 0 aromatic rings. The topological polar surface area (TPSA) is 0 Å². The molecule has 0 N–H and O–H groups in total. The summed E-state index contributed by atoms with van der Waals surface area (Å²) in [6.07, 6.45) is 16.7. The predicted molar refractivity (Wildman–Crippen MR) is 73.7 cm³/mol. The fourth-order valence-electron chi connectivity index (χ4n) is 1.03. The first kappa shape index (κ1) is 21.4. The van der Waals surface area contributed by atoms with Crippen LogP contribution in [-0.4, -0.2) is 6.88 Å². The van der Waals surface area contributed by atoms with E-state index in [4.69, 9.17) is 0 Å². The zero-order valence-electron chi connectivity index (χ0n) is 10.9. The van der Waals surface area contributed by atoms with Gasteiger partial charge in [0.25, 0.3) is 0 Å². The minimum atomic E-state index is 0. The van der Waals surface area contributed by atoms with Crippen LogP contribution in [0.3, 0.4) is 0 Å². The van der Waals surface area contributed by atoms with Crippen molar-refractivity contribution in [3.05, 3.63) is 62.5 Å². The molecule has 0 radical (unpaired) electrons. The molecule has 0 nitrogen and oxygen atoms in total. The molecule has 2 aliphatic rings. The van der Waals surface area contributed by atoms with Crippen molar-refractivity contribution in [2.75, 3.05) is 0 Å². The Morgan fingerprint density at radius 2 is 1.25 bits per heavy atom. The van der Waals surface area contributed by atoms with Gasteiger partial charge in [-0.05, 0) is 0 Å². The Labute approximate surface area is 119 Å². The molecule has 0 aromatic carbocycles. The quantitative estimate of drug-likeness (QED) is 0.475. The van der Waals surface area contributed by atoms with Gasteiger partial charge >= 0.3 is 30.2 Å². The fourth-order valence-corrected chi connectivity index (χ4v) is 1.03. The molecule has 0 spiro atoms. The molecule has 0 heterocycles. The van der Waals surface area contributed by atoms with E-state index < -0.39 is 0 Å². The van der Waals surface area contributed by atoms with Gasteiger partial charge in [-0.2, -0.15) is 12.2 Å². The van der Waals surface area contributed by atoms with Crippen molar-refractivity contribution in [1.82, 2.24) is 0 Å². The second kappa shape index (κ2) is 15.1. The van der Waals surface area contributed by atoms with Gasteiger partial charge in [-0.1, -0.05) is 13.8 Å². The number of rotatable bonds is 0. The van der Waals surface area contributed by atoms with Gasteiger partial charge in [0.05, 0.1) is 0 Å².